The molecule has 6 heteroatoms. The number of allylic oxidation sites excluding steroid dienone is 1. The molecule has 0 saturated carbocycles. The Morgan fingerprint density at radius 2 is 1.65 bits per heavy atom. The number of ether oxygens (including phenoxy) is 2. The maximum atomic E-state index is 13.5. The van der Waals surface area contributed by atoms with Crippen molar-refractivity contribution >= 4 is 11.9 Å². The molecule has 0 saturated heterocycles. The predicted octanol–water partition coefficient (Wildman–Crippen LogP) is 4.02. The van der Waals surface area contributed by atoms with Crippen LogP contribution in [0.25, 0.3) is 6.08 Å². The number of hydrogen-bond acceptors (Lipinski definition) is 3. The molecule has 2 rings (SSSR count). The Kier molecular flexibility index (Phi) is 5.05. The molecule has 120 valence electrons. The summed E-state index contributed by atoms with van der Waals surface area (Å²) in [6, 6.07) is 6.52. The Balaban J connectivity index is 2.27. The maximum Gasteiger partial charge on any atom is 0.195 e. The molecule has 0 radical (unpaired) electrons. The van der Waals surface area contributed by atoms with Crippen molar-refractivity contribution in [2.75, 3.05) is 14.2 Å². The highest BCUT2D eigenvalue weighted by Gasteiger charge is 2.17. The third-order valence-electron chi connectivity index (χ3n) is 3.14. The average Bonchev–Trinajstić information content (AvgIpc) is 2.57. The van der Waals surface area contributed by atoms with Gasteiger partial charge in [-0.25, -0.2) is 13.2 Å². The molecule has 23 heavy (non-hydrogen) atoms. The molecule has 2 aromatic carbocycles. The summed E-state index contributed by atoms with van der Waals surface area (Å²) in [6.07, 6.45) is 2.47. The van der Waals surface area contributed by atoms with Crippen molar-refractivity contribution in [3.63, 3.8) is 0 Å². The van der Waals surface area contributed by atoms with E-state index >= 15 is 0 Å². The smallest absolute Gasteiger partial charge is 0.195 e. The first-order chi connectivity index (χ1) is 11.0. The van der Waals surface area contributed by atoms with Gasteiger partial charge in [-0.1, -0.05) is 12.1 Å². The van der Waals surface area contributed by atoms with Gasteiger partial charge in [0.1, 0.15) is 0 Å². The molecular formula is C17H13F3O3. The van der Waals surface area contributed by atoms with E-state index in [9.17, 15) is 18.0 Å². The van der Waals surface area contributed by atoms with Gasteiger partial charge in [-0.15, -0.1) is 0 Å². The van der Waals surface area contributed by atoms with Gasteiger partial charge in [0, 0.05) is 0 Å². The highest BCUT2D eigenvalue weighted by Crippen LogP contribution is 2.28. The summed E-state index contributed by atoms with van der Waals surface area (Å²) in [5, 5.41) is 0. The van der Waals surface area contributed by atoms with Crippen molar-refractivity contribution in [1.82, 2.24) is 0 Å². The molecule has 0 aromatic heterocycles. The number of halogens is 3. The average molecular weight is 322 g/mol. The summed E-state index contributed by atoms with van der Waals surface area (Å²) in [5.74, 6) is -4.33. The Bertz CT molecular complexity index is 770. The SMILES string of the molecule is COc1ccc(/C=C/C(=O)c2ccc(F)c(F)c2F)cc1OC. The molecule has 0 fully saturated rings. The lowest BCUT2D eigenvalue weighted by atomic mass is 10.1. The van der Waals surface area contributed by atoms with Crippen molar-refractivity contribution in [1.29, 1.82) is 0 Å². The van der Waals surface area contributed by atoms with Crippen molar-refractivity contribution in [3.05, 3.63) is 65.0 Å². The van der Waals surface area contributed by atoms with Crippen molar-refractivity contribution in [2.24, 2.45) is 0 Å². The fourth-order valence-corrected chi connectivity index (χ4v) is 1.93. The van der Waals surface area contributed by atoms with E-state index in [2.05, 4.69) is 0 Å². The number of hydrogen-bond donors (Lipinski definition) is 0. The van der Waals surface area contributed by atoms with Crippen LogP contribution in [0, 0.1) is 17.5 Å². The highest BCUT2D eigenvalue weighted by molar-refractivity contribution is 6.07. The number of ketones is 1. The van der Waals surface area contributed by atoms with Crippen molar-refractivity contribution in [3.8, 4) is 11.5 Å². The standard InChI is InChI=1S/C17H13F3O3/c1-22-14-8-4-10(9-15(14)23-2)3-7-13(21)11-5-6-12(18)17(20)16(11)19/h3-9H,1-2H3/b7-3+. The first-order valence-corrected chi connectivity index (χ1v) is 6.56. The third-order valence-corrected chi connectivity index (χ3v) is 3.14. The second-order valence-electron chi connectivity index (χ2n) is 4.53. The molecule has 0 spiro atoms. The quantitative estimate of drug-likeness (QED) is 0.474. The Morgan fingerprint density at radius 1 is 0.957 bits per heavy atom. The summed E-state index contributed by atoms with van der Waals surface area (Å²) >= 11 is 0. The lowest BCUT2D eigenvalue weighted by molar-refractivity contribution is 0.104. The van der Waals surface area contributed by atoms with Crippen molar-refractivity contribution < 1.29 is 27.4 Å². The van der Waals surface area contributed by atoms with E-state index in [0.717, 1.165) is 12.1 Å². The number of benzene rings is 2. The zero-order valence-electron chi connectivity index (χ0n) is 12.4. The van der Waals surface area contributed by atoms with Crippen LogP contribution in [0.3, 0.4) is 0 Å². The maximum absolute atomic E-state index is 13.5. The van der Waals surface area contributed by atoms with Gasteiger partial charge in [0.05, 0.1) is 19.8 Å². The van der Waals surface area contributed by atoms with Gasteiger partial charge in [0.2, 0.25) is 0 Å². The van der Waals surface area contributed by atoms with Crippen LogP contribution in [0.15, 0.2) is 36.4 Å². The van der Waals surface area contributed by atoms with Crippen molar-refractivity contribution in [2.45, 2.75) is 0 Å². The molecule has 2 aromatic rings. The molecule has 0 aliphatic heterocycles. The van der Waals surface area contributed by atoms with Crippen LogP contribution < -0.4 is 9.47 Å². The predicted molar refractivity (Wildman–Crippen MR) is 79.2 cm³/mol. The van der Waals surface area contributed by atoms with Gasteiger partial charge < -0.3 is 9.47 Å². The number of carbonyl (C=O) groups excluding carboxylic acids is 1. The van der Waals surface area contributed by atoms with Gasteiger partial charge >= 0.3 is 0 Å². The fourth-order valence-electron chi connectivity index (χ4n) is 1.93. The summed E-state index contributed by atoms with van der Waals surface area (Å²) < 4.78 is 49.8. The van der Waals surface area contributed by atoms with Gasteiger partial charge in [0.15, 0.2) is 34.7 Å². The Morgan fingerprint density at radius 3 is 2.30 bits per heavy atom. The molecular weight excluding hydrogens is 309 g/mol. The number of methoxy groups -OCH3 is 2. The largest absolute Gasteiger partial charge is 0.493 e. The molecule has 0 aliphatic carbocycles. The van der Waals surface area contributed by atoms with Gasteiger partial charge in [-0.05, 0) is 35.9 Å². The molecule has 0 bridgehead atoms. The first-order valence-electron chi connectivity index (χ1n) is 6.56. The van der Waals surface area contributed by atoms with Crippen LogP contribution in [-0.4, -0.2) is 20.0 Å². The van der Waals surface area contributed by atoms with E-state index < -0.39 is 28.8 Å². The number of rotatable bonds is 5. The summed E-state index contributed by atoms with van der Waals surface area (Å²) in [6.45, 7) is 0. The van der Waals surface area contributed by atoms with Crippen LogP contribution in [0.4, 0.5) is 13.2 Å². The van der Waals surface area contributed by atoms with Crippen LogP contribution in [0.1, 0.15) is 15.9 Å². The second-order valence-corrected chi connectivity index (χ2v) is 4.53. The van der Waals surface area contributed by atoms with E-state index in [4.69, 9.17) is 9.47 Å². The third kappa shape index (κ3) is 3.53. The van der Waals surface area contributed by atoms with E-state index in [-0.39, 0.29) is 0 Å². The van der Waals surface area contributed by atoms with Crippen LogP contribution in [-0.2, 0) is 0 Å². The Hall–Kier alpha value is -2.76. The minimum Gasteiger partial charge on any atom is -0.493 e. The van der Waals surface area contributed by atoms with Gasteiger partial charge in [-0.2, -0.15) is 0 Å². The van der Waals surface area contributed by atoms with E-state index in [1.165, 1.54) is 20.3 Å². The minimum absolute atomic E-state index is 0.459. The summed E-state index contributed by atoms with van der Waals surface area (Å²) in [4.78, 5) is 11.9. The summed E-state index contributed by atoms with van der Waals surface area (Å²) in [5.41, 5.74) is 0.0552. The second kappa shape index (κ2) is 7.00. The van der Waals surface area contributed by atoms with E-state index in [1.54, 1.807) is 18.2 Å². The molecule has 0 aliphatic rings. The molecule has 0 unspecified atom stereocenters. The highest BCUT2D eigenvalue weighted by atomic mass is 19.2. The van der Waals surface area contributed by atoms with E-state index in [0.29, 0.717) is 23.1 Å². The van der Waals surface area contributed by atoms with Gasteiger partial charge in [-0.3, -0.25) is 4.79 Å². The van der Waals surface area contributed by atoms with E-state index in [1.807, 2.05) is 0 Å². The lowest BCUT2D eigenvalue weighted by Crippen LogP contribution is -2.03. The van der Waals surface area contributed by atoms with Crippen LogP contribution >= 0.6 is 0 Å². The first kappa shape index (κ1) is 16.6. The summed E-state index contributed by atoms with van der Waals surface area (Å²) in [7, 11) is 2.95. The van der Waals surface area contributed by atoms with Crippen LogP contribution in [0.5, 0.6) is 11.5 Å². The molecule has 3 nitrogen and oxygen atoms in total. The lowest BCUT2D eigenvalue weighted by Gasteiger charge is -2.07. The van der Waals surface area contributed by atoms with Gasteiger partial charge in [0.25, 0.3) is 0 Å². The zero-order chi connectivity index (χ0) is 17.0. The minimum atomic E-state index is -1.67. The Labute approximate surface area is 131 Å². The topological polar surface area (TPSA) is 35.5 Å². The normalized spacial score (nSPS) is 10.8. The zero-order valence-corrected chi connectivity index (χ0v) is 12.4. The molecule has 0 N–H and O–H groups in total. The molecule has 0 atom stereocenters. The molecule has 0 heterocycles. The van der Waals surface area contributed by atoms with Crippen LogP contribution in [0.2, 0.25) is 0 Å². The molecule has 0 amide bonds. The fraction of sp³-hybridized carbons (Fsp3) is 0.118. The monoisotopic (exact) mass is 322 g/mol. The number of carbonyl (C=O) groups is 1.